The van der Waals surface area contributed by atoms with Crippen molar-refractivity contribution in [1.82, 2.24) is 0 Å². The number of hydrogen-bond donors (Lipinski definition) is 1. The number of aliphatic hydroxyl groups is 1. The average molecular weight is 353 g/mol. The van der Waals surface area contributed by atoms with Gasteiger partial charge in [-0.3, -0.25) is 4.79 Å². The largest absolute Gasteiger partial charge is 0.395 e. The third kappa shape index (κ3) is 10.8. The summed E-state index contributed by atoms with van der Waals surface area (Å²) >= 11 is 1.24. The Morgan fingerprint density at radius 3 is 2.42 bits per heavy atom. The summed E-state index contributed by atoms with van der Waals surface area (Å²) in [4.78, 5) is 12.0. The molecule has 24 heavy (non-hydrogen) atoms. The van der Waals surface area contributed by atoms with Crippen LogP contribution in [-0.2, 0) is 16.1 Å². The van der Waals surface area contributed by atoms with Gasteiger partial charge in [0, 0.05) is 6.42 Å². The molecule has 0 heterocycles. The highest BCUT2D eigenvalue weighted by molar-refractivity contribution is 8.14. The molecule has 0 aliphatic rings. The summed E-state index contributed by atoms with van der Waals surface area (Å²) in [5, 5.41) is 9.42. The lowest BCUT2D eigenvalue weighted by atomic mass is 10.1. The number of thioether (sulfide) groups is 1. The molecule has 1 rings (SSSR count). The molecule has 0 aromatic heterocycles. The molecule has 3 nitrogen and oxygen atoms in total. The molecule has 0 unspecified atom stereocenters. The van der Waals surface area contributed by atoms with Crippen LogP contribution in [0.2, 0.25) is 0 Å². The Morgan fingerprint density at radius 2 is 1.75 bits per heavy atom. The van der Waals surface area contributed by atoms with Gasteiger partial charge in [0.15, 0.2) is 5.12 Å². The van der Waals surface area contributed by atoms with Crippen LogP contribution in [0.15, 0.2) is 30.3 Å². The maximum Gasteiger partial charge on any atom is 0.189 e. The highest BCUT2D eigenvalue weighted by Crippen LogP contribution is 2.18. The van der Waals surface area contributed by atoms with Crippen LogP contribution in [-0.4, -0.2) is 28.7 Å². The number of benzene rings is 1. The predicted octanol–water partition coefficient (Wildman–Crippen LogP) is 4.96. The molecule has 0 saturated heterocycles. The van der Waals surface area contributed by atoms with Crippen molar-refractivity contribution in [3.05, 3.63) is 35.9 Å². The number of unbranched alkanes of at least 4 members (excludes halogenated alkanes) is 6. The SMILES string of the molecule is CCCCCCCCCC(=O)S[C@@H](CO)COCc1ccccc1. The third-order valence-corrected chi connectivity index (χ3v) is 4.99. The van der Waals surface area contributed by atoms with Crippen molar-refractivity contribution in [2.24, 2.45) is 0 Å². The zero-order chi connectivity index (χ0) is 17.5. The van der Waals surface area contributed by atoms with E-state index >= 15 is 0 Å². The average Bonchev–Trinajstić information content (AvgIpc) is 2.61. The van der Waals surface area contributed by atoms with Gasteiger partial charge >= 0.3 is 0 Å². The van der Waals surface area contributed by atoms with Crippen molar-refractivity contribution in [2.45, 2.75) is 70.1 Å². The van der Waals surface area contributed by atoms with Gasteiger partial charge in [-0.15, -0.1) is 0 Å². The van der Waals surface area contributed by atoms with E-state index in [2.05, 4.69) is 6.92 Å². The van der Waals surface area contributed by atoms with Gasteiger partial charge in [0.1, 0.15) is 0 Å². The van der Waals surface area contributed by atoms with Crippen molar-refractivity contribution in [2.75, 3.05) is 13.2 Å². The van der Waals surface area contributed by atoms with Gasteiger partial charge < -0.3 is 9.84 Å². The number of carbonyl (C=O) groups is 1. The van der Waals surface area contributed by atoms with Gasteiger partial charge in [-0.1, -0.05) is 87.5 Å². The van der Waals surface area contributed by atoms with Crippen molar-refractivity contribution >= 4 is 16.9 Å². The number of rotatable bonds is 14. The van der Waals surface area contributed by atoms with Crippen LogP contribution in [0, 0.1) is 0 Å². The van der Waals surface area contributed by atoms with Gasteiger partial charge in [-0.05, 0) is 12.0 Å². The second-order valence-electron chi connectivity index (χ2n) is 6.17. The molecular formula is C20H32O3S. The highest BCUT2D eigenvalue weighted by Gasteiger charge is 2.14. The fraction of sp³-hybridized carbons (Fsp3) is 0.650. The van der Waals surface area contributed by atoms with E-state index in [1.807, 2.05) is 30.3 Å². The summed E-state index contributed by atoms with van der Waals surface area (Å²) in [5.41, 5.74) is 1.11. The molecule has 0 amide bonds. The van der Waals surface area contributed by atoms with Crippen molar-refractivity contribution in [3.63, 3.8) is 0 Å². The monoisotopic (exact) mass is 352 g/mol. The first kappa shape index (κ1) is 21.2. The predicted molar refractivity (Wildman–Crippen MR) is 102 cm³/mol. The normalized spacial score (nSPS) is 12.2. The summed E-state index contributed by atoms with van der Waals surface area (Å²) in [6.07, 6.45) is 9.09. The second kappa shape index (κ2) is 14.5. The molecule has 0 bridgehead atoms. The molecule has 0 radical (unpaired) electrons. The minimum Gasteiger partial charge on any atom is -0.395 e. The topological polar surface area (TPSA) is 46.5 Å². The van der Waals surface area contributed by atoms with Crippen LogP contribution >= 0.6 is 11.8 Å². The Bertz CT molecular complexity index is 422. The zero-order valence-electron chi connectivity index (χ0n) is 14.9. The molecule has 0 aliphatic carbocycles. The van der Waals surface area contributed by atoms with Crippen molar-refractivity contribution in [3.8, 4) is 0 Å². The van der Waals surface area contributed by atoms with Crippen LogP contribution in [0.1, 0.15) is 63.9 Å². The lowest BCUT2D eigenvalue weighted by Crippen LogP contribution is -2.18. The Kier molecular flexibility index (Phi) is 12.8. The Hall–Kier alpha value is -0.840. The summed E-state index contributed by atoms with van der Waals surface area (Å²) in [7, 11) is 0. The van der Waals surface area contributed by atoms with E-state index < -0.39 is 0 Å². The standard InChI is InChI=1S/C20H32O3S/c1-2-3-4-5-6-7-11-14-20(22)24-19(15-21)17-23-16-18-12-9-8-10-13-18/h8-10,12-13,19,21H,2-7,11,14-17H2,1H3/t19-/m0/s1. The minimum absolute atomic E-state index is 0.0256. The van der Waals surface area contributed by atoms with Gasteiger partial charge in [0.05, 0.1) is 25.1 Å². The number of hydrogen-bond acceptors (Lipinski definition) is 4. The maximum absolute atomic E-state index is 12.0. The van der Waals surface area contributed by atoms with Gasteiger partial charge in [-0.25, -0.2) is 0 Å². The third-order valence-electron chi connectivity index (χ3n) is 3.90. The quantitative estimate of drug-likeness (QED) is 0.480. The van der Waals surface area contributed by atoms with Gasteiger partial charge in [-0.2, -0.15) is 0 Å². The number of carbonyl (C=O) groups excluding carboxylic acids is 1. The van der Waals surface area contributed by atoms with Gasteiger partial charge in [0.2, 0.25) is 0 Å². The second-order valence-corrected chi connectivity index (χ2v) is 7.52. The molecule has 0 saturated carbocycles. The van der Waals surface area contributed by atoms with Crippen LogP contribution in [0.5, 0.6) is 0 Å². The molecule has 1 aromatic rings. The molecule has 1 N–H and O–H groups in total. The molecule has 1 aromatic carbocycles. The molecule has 0 fully saturated rings. The first-order chi connectivity index (χ1) is 11.8. The first-order valence-corrected chi connectivity index (χ1v) is 10.1. The van der Waals surface area contributed by atoms with Crippen LogP contribution in [0.25, 0.3) is 0 Å². The minimum atomic E-state index is -0.161. The van der Waals surface area contributed by atoms with Crippen LogP contribution < -0.4 is 0 Å². The maximum atomic E-state index is 12.0. The van der Waals surface area contributed by atoms with Crippen LogP contribution in [0.3, 0.4) is 0 Å². The van der Waals surface area contributed by atoms with Crippen LogP contribution in [0.4, 0.5) is 0 Å². The Balaban J connectivity index is 2.07. The number of aliphatic hydroxyl groups excluding tert-OH is 1. The van der Waals surface area contributed by atoms with Gasteiger partial charge in [0.25, 0.3) is 0 Å². The van der Waals surface area contributed by atoms with E-state index in [0.717, 1.165) is 18.4 Å². The van der Waals surface area contributed by atoms with Crippen molar-refractivity contribution < 1.29 is 14.6 Å². The van der Waals surface area contributed by atoms with Crippen molar-refractivity contribution in [1.29, 1.82) is 0 Å². The molecule has 0 aliphatic heterocycles. The van der Waals surface area contributed by atoms with E-state index in [1.165, 1.54) is 43.9 Å². The summed E-state index contributed by atoms with van der Waals surface area (Å²) in [6.45, 7) is 3.11. The molecule has 0 spiro atoms. The van der Waals surface area contributed by atoms with E-state index in [1.54, 1.807) is 0 Å². The molecule has 1 atom stereocenters. The summed E-state index contributed by atoms with van der Waals surface area (Å²) < 4.78 is 5.62. The lowest BCUT2D eigenvalue weighted by molar-refractivity contribution is -0.111. The van der Waals surface area contributed by atoms with E-state index in [9.17, 15) is 9.90 Å². The highest BCUT2D eigenvalue weighted by atomic mass is 32.2. The van der Waals surface area contributed by atoms with E-state index in [0.29, 0.717) is 19.6 Å². The Morgan fingerprint density at radius 1 is 1.08 bits per heavy atom. The zero-order valence-corrected chi connectivity index (χ0v) is 15.7. The Labute approximate surface area is 151 Å². The molecular weight excluding hydrogens is 320 g/mol. The van der Waals surface area contributed by atoms with E-state index in [-0.39, 0.29) is 17.0 Å². The fourth-order valence-electron chi connectivity index (χ4n) is 2.48. The van der Waals surface area contributed by atoms with E-state index in [4.69, 9.17) is 4.74 Å². The smallest absolute Gasteiger partial charge is 0.189 e. The molecule has 4 heteroatoms. The lowest BCUT2D eigenvalue weighted by Gasteiger charge is -2.13. The molecule has 136 valence electrons. The first-order valence-electron chi connectivity index (χ1n) is 9.18. The summed E-state index contributed by atoms with van der Waals surface area (Å²) in [6, 6.07) is 9.93. The summed E-state index contributed by atoms with van der Waals surface area (Å²) in [5.74, 6) is 0. The fourth-order valence-corrected chi connectivity index (χ4v) is 3.35. The number of ether oxygens (including phenoxy) is 1.